The molecule has 1 aliphatic rings. The summed E-state index contributed by atoms with van der Waals surface area (Å²) in [5, 5.41) is 10.9. The molecule has 0 fully saturated rings. The molecular weight excluding hydrogens is 352 g/mol. The van der Waals surface area contributed by atoms with Crippen molar-refractivity contribution in [3.8, 4) is 0 Å². The van der Waals surface area contributed by atoms with E-state index in [-0.39, 0.29) is 22.4 Å². The topological polar surface area (TPSA) is 63.6 Å². The maximum absolute atomic E-state index is 12.2. The van der Waals surface area contributed by atoms with E-state index < -0.39 is 5.60 Å². The van der Waals surface area contributed by atoms with E-state index in [1.807, 2.05) is 18.2 Å². The molecule has 0 saturated carbocycles. The van der Waals surface area contributed by atoms with Crippen LogP contribution in [-0.2, 0) is 14.3 Å². The zero-order valence-electron chi connectivity index (χ0n) is 15.7. The molecule has 0 spiro atoms. The number of methoxy groups -OCH3 is 1. The minimum absolute atomic E-state index is 0.0530. The molecule has 0 aliphatic heterocycles. The first-order valence-electron chi connectivity index (χ1n) is 9.19. The van der Waals surface area contributed by atoms with E-state index in [2.05, 4.69) is 11.7 Å². The predicted octanol–water partition coefficient (Wildman–Crippen LogP) is 4.78. The second kappa shape index (κ2) is 11.9. The van der Waals surface area contributed by atoms with Gasteiger partial charge in [-0.05, 0) is 31.8 Å². The Morgan fingerprint density at radius 2 is 1.96 bits per heavy atom. The molecule has 0 unspecified atom stereocenters. The second-order valence-electron chi connectivity index (χ2n) is 6.39. The monoisotopic (exact) mass is 380 g/mol. The van der Waals surface area contributed by atoms with E-state index in [4.69, 9.17) is 11.6 Å². The summed E-state index contributed by atoms with van der Waals surface area (Å²) < 4.78 is 4.58. The summed E-state index contributed by atoms with van der Waals surface area (Å²) in [6, 6.07) is 0. The Hall–Kier alpha value is -1.65. The van der Waals surface area contributed by atoms with Gasteiger partial charge in [0.05, 0.1) is 12.1 Å². The lowest BCUT2D eigenvalue weighted by atomic mass is 9.92. The number of carbonyl (C=O) groups excluding carboxylic acids is 2. The van der Waals surface area contributed by atoms with Crippen LogP contribution in [0, 0.1) is 0 Å². The molecule has 0 amide bonds. The molecule has 4 nitrogen and oxygen atoms in total. The molecule has 1 aliphatic carbocycles. The van der Waals surface area contributed by atoms with Crippen molar-refractivity contribution in [2.45, 2.75) is 63.9 Å². The fourth-order valence-electron chi connectivity index (χ4n) is 2.69. The van der Waals surface area contributed by atoms with Gasteiger partial charge in [0.15, 0.2) is 0 Å². The average molecular weight is 381 g/mol. The third-order valence-corrected chi connectivity index (χ3v) is 4.52. The molecule has 0 aromatic carbocycles. The molecule has 0 saturated heterocycles. The lowest BCUT2D eigenvalue weighted by Crippen LogP contribution is -2.27. The molecule has 0 radical (unpaired) electrons. The smallest absolute Gasteiger partial charge is 0.305 e. The Morgan fingerprint density at radius 1 is 1.23 bits per heavy atom. The van der Waals surface area contributed by atoms with E-state index in [0.29, 0.717) is 25.7 Å². The van der Waals surface area contributed by atoms with E-state index >= 15 is 0 Å². The molecule has 0 heterocycles. The van der Waals surface area contributed by atoms with Crippen molar-refractivity contribution < 1.29 is 19.4 Å². The van der Waals surface area contributed by atoms with Crippen LogP contribution >= 0.6 is 11.6 Å². The number of aliphatic hydroxyl groups is 1. The van der Waals surface area contributed by atoms with Crippen molar-refractivity contribution in [2.24, 2.45) is 0 Å². The zero-order chi connectivity index (χ0) is 19.4. The largest absolute Gasteiger partial charge is 0.469 e. The van der Waals surface area contributed by atoms with Crippen molar-refractivity contribution in [2.75, 3.05) is 7.11 Å². The van der Waals surface area contributed by atoms with Gasteiger partial charge in [0, 0.05) is 18.4 Å². The fraction of sp³-hybridized carbons (Fsp3) is 0.524. The van der Waals surface area contributed by atoms with Crippen LogP contribution in [0.4, 0.5) is 0 Å². The number of halogens is 1. The highest BCUT2D eigenvalue weighted by atomic mass is 35.5. The number of hydrogen-bond acceptors (Lipinski definition) is 4. The van der Waals surface area contributed by atoms with Crippen molar-refractivity contribution in [3.05, 3.63) is 47.1 Å². The van der Waals surface area contributed by atoms with Gasteiger partial charge in [-0.15, -0.1) is 0 Å². The molecule has 1 N–H and O–H groups in total. The van der Waals surface area contributed by atoms with Crippen LogP contribution in [0.1, 0.15) is 58.3 Å². The normalized spacial score (nSPS) is 21.9. The summed E-state index contributed by atoms with van der Waals surface area (Å²) in [7, 11) is 1.37. The number of unbranched alkanes of at least 4 members (excludes halogenated alkanes) is 4. The number of Topliss-reactive ketones (excluding diaryl/α,β-unsaturated/α-hetero) is 1. The number of ether oxygens (including phenoxy) is 1. The summed E-state index contributed by atoms with van der Waals surface area (Å²) in [4.78, 5) is 23.2. The van der Waals surface area contributed by atoms with Crippen molar-refractivity contribution in [1.82, 2.24) is 0 Å². The Kier molecular flexibility index (Phi) is 10.2. The molecule has 144 valence electrons. The molecule has 1 atom stereocenters. The van der Waals surface area contributed by atoms with Gasteiger partial charge in [0.1, 0.15) is 5.60 Å². The summed E-state index contributed by atoms with van der Waals surface area (Å²) >= 11 is 5.95. The SMILES string of the molecule is CCCCC/C=C\C[C@]1(O)C=C(Cl)C(=O)C1=C/C=C\CCCC(=O)OC. The number of hydrogen-bond donors (Lipinski definition) is 1. The Labute approximate surface area is 161 Å². The van der Waals surface area contributed by atoms with E-state index in [1.54, 1.807) is 12.2 Å². The number of esters is 1. The van der Waals surface area contributed by atoms with Crippen LogP contribution in [0.5, 0.6) is 0 Å². The second-order valence-corrected chi connectivity index (χ2v) is 6.80. The summed E-state index contributed by atoms with van der Waals surface area (Å²) in [6.07, 6.45) is 17.0. The third-order valence-electron chi connectivity index (χ3n) is 4.24. The van der Waals surface area contributed by atoms with Crippen LogP contribution in [0.3, 0.4) is 0 Å². The van der Waals surface area contributed by atoms with Gasteiger partial charge in [-0.25, -0.2) is 0 Å². The van der Waals surface area contributed by atoms with Crippen LogP contribution in [0.25, 0.3) is 0 Å². The fourth-order valence-corrected chi connectivity index (χ4v) is 2.97. The molecule has 0 bridgehead atoms. The van der Waals surface area contributed by atoms with Gasteiger partial charge < -0.3 is 9.84 Å². The minimum atomic E-state index is -1.36. The molecule has 0 aromatic heterocycles. The number of rotatable bonds is 11. The van der Waals surface area contributed by atoms with Gasteiger partial charge in [0.2, 0.25) is 5.78 Å². The van der Waals surface area contributed by atoms with E-state index in [9.17, 15) is 14.7 Å². The first-order chi connectivity index (χ1) is 12.4. The quantitative estimate of drug-likeness (QED) is 0.242. The van der Waals surface area contributed by atoms with Crippen LogP contribution in [0.15, 0.2) is 47.1 Å². The molecule has 5 heteroatoms. The highest BCUT2D eigenvalue weighted by molar-refractivity contribution is 6.46. The highest BCUT2D eigenvalue weighted by Gasteiger charge is 2.40. The highest BCUT2D eigenvalue weighted by Crippen LogP contribution is 2.35. The van der Waals surface area contributed by atoms with Gasteiger partial charge >= 0.3 is 5.97 Å². The van der Waals surface area contributed by atoms with Gasteiger partial charge in [0.25, 0.3) is 0 Å². The molecule has 1 rings (SSSR count). The molecule has 26 heavy (non-hydrogen) atoms. The minimum Gasteiger partial charge on any atom is -0.469 e. The lowest BCUT2D eigenvalue weighted by molar-refractivity contribution is -0.140. The number of carbonyl (C=O) groups is 2. The number of ketones is 1. The maximum atomic E-state index is 12.2. The summed E-state index contributed by atoms with van der Waals surface area (Å²) in [5.74, 6) is -0.577. The van der Waals surface area contributed by atoms with Crippen molar-refractivity contribution >= 4 is 23.4 Å². The first-order valence-corrected chi connectivity index (χ1v) is 9.57. The summed E-state index contributed by atoms with van der Waals surface area (Å²) in [5.41, 5.74) is -1.07. The molecule has 0 aromatic rings. The summed E-state index contributed by atoms with van der Waals surface area (Å²) in [6.45, 7) is 2.16. The van der Waals surface area contributed by atoms with Crippen molar-refractivity contribution in [1.29, 1.82) is 0 Å². The lowest BCUT2D eigenvalue weighted by Gasteiger charge is -2.20. The standard InChI is InChI=1S/C21H29ClO4/c1-3-4-5-6-9-12-15-21(25)16-18(22)20(24)17(21)13-10-7-8-11-14-19(23)26-2/h7,9-10,12-13,16,25H,3-6,8,11,14-15H2,1-2H3/b10-7-,12-9-,17-13?/t21-/m0/s1. The zero-order valence-corrected chi connectivity index (χ0v) is 16.4. The third kappa shape index (κ3) is 7.30. The maximum Gasteiger partial charge on any atom is 0.305 e. The molecular formula is C21H29ClO4. The first kappa shape index (κ1) is 22.4. The van der Waals surface area contributed by atoms with Crippen LogP contribution in [-0.4, -0.2) is 29.6 Å². The Morgan fingerprint density at radius 3 is 2.65 bits per heavy atom. The van der Waals surface area contributed by atoms with Gasteiger partial charge in [-0.3, -0.25) is 9.59 Å². The van der Waals surface area contributed by atoms with Gasteiger partial charge in [-0.1, -0.05) is 61.7 Å². The van der Waals surface area contributed by atoms with Gasteiger partial charge in [-0.2, -0.15) is 0 Å². The van der Waals surface area contributed by atoms with Crippen LogP contribution < -0.4 is 0 Å². The van der Waals surface area contributed by atoms with Crippen LogP contribution in [0.2, 0.25) is 0 Å². The van der Waals surface area contributed by atoms with Crippen molar-refractivity contribution in [3.63, 3.8) is 0 Å². The Bertz CT molecular complexity index is 601. The average Bonchev–Trinajstić information content (AvgIpc) is 2.83. The van der Waals surface area contributed by atoms with E-state index in [0.717, 1.165) is 12.8 Å². The number of allylic oxidation sites excluding steroid dienone is 5. The predicted molar refractivity (Wildman–Crippen MR) is 105 cm³/mol. The Balaban J connectivity index is 2.62. The van der Waals surface area contributed by atoms with E-state index in [1.165, 1.54) is 26.0 Å².